The van der Waals surface area contributed by atoms with Gasteiger partial charge in [0.1, 0.15) is 11.5 Å². The summed E-state index contributed by atoms with van der Waals surface area (Å²) < 4.78 is 13.4. The van der Waals surface area contributed by atoms with Crippen molar-refractivity contribution in [2.45, 2.75) is 32.7 Å². The van der Waals surface area contributed by atoms with Gasteiger partial charge in [-0.15, -0.1) is 11.3 Å². The summed E-state index contributed by atoms with van der Waals surface area (Å²) in [5, 5.41) is 2.18. The van der Waals surface area contributed by atoms with Gasteiger partial charge < -0.3 is 14.0 Å². The van der Waals surface area contributed by atoms with Crippen molar-refractivity contribution in [1.82, 2.24) is 4.57 Å². The molecule has 1 aliphatic rings. The highest BCUT2D eigenvalue weighted by atomic mass is 32.1. The molecule has 0 bridgehead atoms. The van der Waals surface area contributed by atoms with E-state index in [0.717, 1.165) is 33.2 Å². The third-order valence-corrected chi connectivity index (χ3v) is 5.76. The van der Waals surface area contributed by atoms with Crippen LogP contribution in [0.4, 0.5) is 5.69 Å². The molecule has 0 N–H and O–H groups in total. The molecule has 0 aliphatic heterocycles. The van der Waals surface area contributed by atoms with Gasteiger partial charge in [0, 0.05) is 17.0 Å². The lowest BCUT2D eigenvalue weighted by Crippen LogP contribution is -2.14. The number of aryl methyl sites for hydroxylation is 2. The lowest BCUT2D eigenvalue weighted by atomic mass is 10.1. The highest BCUT2D eigenvalue weighted by molar-refractivity contribution is 7.07. The molecule has 0 spiro atoms. The van der Waals surface area contributed by atoms with Crippen LogP contribution in [-0.2, 0) is 0 Å². The van der Waals surface area contributed by atoms with Gasteiger partial charge in [0.2, 0.25) is 0 Å². The Hall–Kier alpha value is -2.53. The lowest BCUT2D eigenvalue weighted by molar-refractivity contribution is 0.404. The second-order valence-corrected chi connectivity index (χ2v) is 7.81. The molecule has 4 nitrogen and oxygen atoms in total. The Bertz CT molecular complexity index is 1040. The van der Waals surface area contributed by atoms with Crippen molar-refractivity contribution in [3.63, 3.8) is 0 Å². The number of methoxy groups -OCH3 is 2. The number of benzene rings is 2. The molecule has 0 saturated heterocycles. The Morgan fingerprint density at radius 1 is 1.04 bits per heavy atom. The fraction of sp³-hybridized carbons (Fsp3) is 0.318. The largest absolute Gasteiger partial charge is 0.497 e. The fourth-order valence-corrected chi connectivity index (χ4v) is 4.21. The van der Waals surface area contributed by atoms with Gasteiger partial charge in [-0.2, -0.15) is 0 Å². The van der Waals surface area contributed by atoms with Crippen molar-refractivity contribution < 1.29 is 9.47 Å². The zero-order valence-electron chi connectivity index (χ0n) is 16.2. The monoisotopic (exact) mass is 380 g/mol. The van der Waals surface area contributed by atoms with Gasteiger partial charge in [0.05, 0.1) is 25.6 Å². The van der Waals surface area contributed by atoms with E-state index >= 15 is 0 Å². The van der Waals surface area contributed by atoms with Crippen LogP contribution in [0, 0.1) is 13.8 Å². The van der Waals surface area contributed by atoms with E-state index in [-0.39, 0.29) is 0 Å². The van der Waals surface area contributed by atoms with Crippen LogP contribution in [0.3, 0.4) is 0 Å². The molecule has 140 valence electrons. The van der Waals surface area contributed by atoms with Crippen LogP contribution >= 0.6 is 11.3 Å². The molecule has 1 saturated carbocycles. The first-order valence-corrected chi connectivity index (χ1v) is 10.0. The van der Waals surface area contributed by atoms with Crippen molar-refractivity contribution in [2.75, 3.05) is 14.2 Å². The van der Waals surface area contributed by atoms with Crippen LogP contribution in [0.2, 0.25) is 0 Å². The van der Waals surface area contributed by atoms with E-state index < -0.39 is 0 Å². The van der Waals surface area contributed by atoms with Crippen molar-refractivity contribution >= 4 is 17.0 Å². The molecule has 4 rings (SSSR count). The molecule has 0 unspecified atom stereocenters. The number of hydrogen-bond acceptors (Lipinski definition) is 4. The van der Waals surface area contributed by atoms with Crippen LogP contribution in [0.1, 0.15) is 30.0 Å². The highest BCUT2D eigenvalue weighted by Gasteiger charge is 2.28. The molecule has 1 heterocycles. The van der Waals surface area contributed by atoms with Crippen LogP contribution in [-0.4, -0.2) is 18.8 Å². The van der Waals surface area contributed by atoms with E-state index in [0.29, 0.717) is 6.04 Å². The van der Waals surface area contributed by atoms with Crippen molar-refractivity contribution in [3.05, 3.63) is 57.7 Å². The first kappa shape index (κ1) is 17.9. The standard InChI is InChI=1S/C22H24N2O2S/c1-14-5-6-15(2)19(11-14)23-22-24(16-7-8-16)20(13-27-22)18-12-17(25-3)9-10-21(18)26-4/h5-6,9-13,16H,7-8H2,1-4H3. The van der Waals surface area contributed by atoms with Gasteiger partial charge in [0.15, 0.2) is 4.80 Å². The van der Waals surface area contributed by atoms with Crippen LogP contribution < -0.4 is 14.3 Å². The Morgan fingerprint density at radius 2 is 1.85 bits per heavy atom. The van der Waals surface area contributed by atoms with Gasteiger partial charge in [-0.1, -0.05) is 12.1 Å². The van der Waals surface area contributed by atoms with Crippen LogP contribution in [0.25, 0.3) is 11.3 Å². The predicted molar refractivity (Wildman–Crippen MR) is 110 cm³/mol. The van der Waals surface area contributed by atoms with Crippen molar-refractivity contribution in [3.8, 4) is 22.8 Å². The number of aromatic nitrogens is 1. The second-order valence-electron chi connectivity index (χ2n) is 6.97. The Morgan fingerprint density at radius 3 is 2.56 bits per heavy atom. The van der Waals surface area contributed by atoms with Gasteiger partial charge in [0.25, 0.3) is 0 Å². The normalized spacial score (nSPS) is 14.4. The number of nitrogens with zero attached hydrogens (tertiary/aromatic N) is 2. The molecule has 1 fully saturated rings. The van der Waals surface area contributed by atoms with Gasteiger partial charge >= 0.3 is 0 Å². The maximum Gasteiger partial charge on any atom is 0.190 e. The summed E-state index contributed by atoms with van der Waals surface area (Å²) in [5.41, 5.74) is 5.64. The number of ether oxygens (including phenoxy) is 2. The smallest absolute Gasteiger partial charge is 0.190 e. The summed E-state index contributed by atoms with van der Waals surface area (Å²) in [6.07, 6.45) is 2.38. The third kappa shape index (κ3) is 3.52. The Balaban J connectivity index is 1.90. The molecule has 5 heteroatoms. The minimum Gasteiger partial charge on any atom is -0.497 e. The second kappa shape index (κ2) is 7.24. The van der Waals surface area contributed by atoms with E-state index in [2.05, 4.69) is 42.0 Å². The van der Waals surface area contributed by atoms with Crippen molar-refractivity contribution in [2.24, 2.45) is 4.99 Å². The molecule has 27 heavy (non-hydrogen) atoms. The molecule has 0 radical (unpaired) electrons. The van der Waals surface area contributed by atoms with E-state index in [1.54, 1.807) is 25.6 Å². The van der Waals surface area contributed by atoms with Crippen LogP contribution in [0.5, 0.6) is 11.5 Å². The zero-order chi connectivity index (χ0) is 19.0. The zero-order valence-corrected chi connectivity index (χ0v) is 17.0. The average molecular weight is 381 g/mol. The van der Waals surface area contributed by atoms with E-state index in [1.807, 2.05) is 18.2 Å². The Kier molecular flexibility index (Phi) is 4.79. The minimum absolute atomic E-state index is 0.506. The van der Waals surface area contributed by atoms with E-state index in [9.17, 15) is 0 Å². The summed E-state index contributed by atoms with van der Waals surface area (Å²) in [7, 11) is 3.40. The van der Waals surface area contributed by atoms with Gasteiger partial charge in [-0.25, -0.2) is 4.99 Å². The van der Waals surface area contributed by atoms with Gasteiger partial charge in [-0.3, -0.25) is 0 Å². The molecule has 0 amide bonds. The molecule has 0 atom stereocenters. The highest BCUT2D eigenvalue weighted by Crippen LogP contribution is 2.41. The summed E-state index contributed by atoms with van der Waals surface area (Å²) in [6, 6.07) is 12.9. The molecule has 1 aromatic heterocycles. The summed E-state index contributed by atoms with van der Waals surface area (Å²) in [5.74, 6) is 1.67. The van der Waals surface area contributed by atoms with Crippen LogP contribution in [0.15, 0.2) is 46.8 Å². The minimum atomic E-state index is 0.506. The first-order chi connectivity index (χ1) is 13.1. The van der Waals surface area contributed by atoms with Gasteiger partial charge in [-0.05, 0) is 62.1 Å². The SMILES string of the molecule is COc1ccc(OC)c(-c2csc(=Nc3cc(C)ccc3C)n2C2CC2)c1. The lowest BCUT2D eigenvalue weighted by Gasteiger charge is -2.13. The topological polar surface area (TPSA) is 35.8 Å². The quantitative estimate of drug-likeness (QED) is 0.593. The summed E-state index contributed by atoms with van der Waals surface area (Å²) >= 11 is 1.68. The maximum atomic E-state index is 5.62. The predicted octanol–water partition coefficient (Wildman–Crippen LogP) is 5.42. The molecule has 1 aliphatic carbocycles. The van der Waals surface area contributed by atoms with E-state index in [1.165, 1.54) is 24.0 Å². The summed E-state index contributed by atoms with van der Waals surface area (Å²) in [4.78, 5) is 6.05. The molecule has 2 aromatic carbocycles. The Labute approximate surface area is 163 Å². The summed E-state index contributed by atoms with van der Waals surface area (Å²) in [6.45, 7) is 4.22. The number of hydrogen-bond donors (Lipinski definition) is 0. The molecular formula is C22H24N2O2S. The molecule has 3 aromatic rings. The fourth-order valence-electron chi connectivity index (χ4n) is 3.24. The number of rotatable bonds is 5. The van der Waals surface area contributed by atoms with E-state index in [4.69, 9.17) is 14.5 Å². The first-order valence-electron chi connectivity index (χ1n) is 9.15. The average Bonchev–Trinajstić information content (AvgIpc) is 3.44. The number of thiazole rings is 1. The van der Waals surface area contributed by atoms with Crippen molar-refractivity contribution in [1.29, 1.82) is 0 Å². The maximum absolute atomic E-state index is 5.62. The third-order valence-electron chi connectivity index (χ3n) is 4.92. The molecular weight excluding hydrogens is 356 g/mol.